The van der Waals surface area contributed by atoms with Crippen molar-refractivity contribution in [3.8, 4) is 11.4 Å². The second-order valence-electron chi connectivity index (χ2n) is 6.59. The number of nitrogens with one attached hydrogen (secondary N) is 1. The number of morpholine rings is 1. The van der Waals surface area contributed by atoms with E-state index in [1.807, 2.05) is 43.3 Å². The Kier molecular flexibility index (Phi) is 4.92. The molecule has 0 unspecified atom stereocenters. The molecule has 0 bridgehead atoms. The lowest BCUT2D eigenvalue weighted by atomic mass is 10.1. The van der Waals surface area contributed by atoms with Gasteiger partial charge < -0.3 is 14.8 Å². The Hall–Kier alpha value is -2.02. The highest BCUT2D eigenvalue weighted by atomic mass is 16.5. The van der Waals surface area contributed by atoms with Crippen LogP contribution in [0.15, 0.2) is 36.4 Å². The molecule has 0 amide bonds. The van der Waals surface area contributed by atoms with E-state index in [4.69, 9.17) is 14.5 Å². The van der Waals surface area contributed by atoms with Crippen molar-refractivity contribution in [2.45, 2.75) is 19.0 Å². The highest BCUT2D eigenvalue weighted by molar-refractivity contribution is 5.57. The normalized spacial score (nSPS) is 24.4. The van der Waals surface area contributed by atoms with Gasteiger partial charge in [0.1, 0.15) is 5.82 Å². The SMILES string of the molecule is Cc1cc(N[C@@H]2COC[C@H]2N2CCOCC2)nc(-c2ccccc2)n1. The summed E-state index contributed by atoms with van der Waals surface area (Å²) in [7, 11) is 0. The van der Waals surface area contributed by atoms with Crippen LogP contribution in [-0.4, -0.2) is 66.5 Å². The summed E-state index contributed by atoms with van der Waals surface area (Å²) in [6.07, 6.45) is 0. The summed E-state index contributed by atoms with van der Waals surface area (Å²) >= 11 is 0. The van der Waals surface area contributed by atoms with E-state index in [-0.39, 0.29) is 6.04 Å². The predicted octanol–water partition coefficient (Wildman–Crippen LogP) is 1.96. The predicted molar refractivity (Wildman–Crippen MR) is 96.6 cm³/mol. The second-order valence-corrected chi connectivity index (χ2v) is 6.59. The van der Waals surface area contributed by atoms with Crippen LogP contribution >= 0.6 is 0 Å². The monoisotopic (exact) mass is 340 g/mol. The lowest BCUT2D eigenvalue weighted by Crippen LogP contribution is -2.50. The number of rotatable bonds is 4. The van der Waals surface area contributed by atoms with Crippen LogP contribution in [0.1, 0.15) is 5.69 Å². The van der Waals surface area contributed by atoms with Gasteiger partial charge in [0.25, 0.3) is 0 Å². The van der Waals surface area contributed by atoms with Gasteiger partial charge in [-0.05, 0) is 6.92 Å². The van der Waals surface area contributed by atoms with Crippen LogP contribution in [0.3, 0.4) is 0 Å². The maximum Gasteiger partial charge on any atom is 0.161 e. The molecular weight excluding hydrogens is 316 g/mol. The fourth-order valence-corrected chi connectivity index (χ4v) is 3.50. The third kappa shape index (κ3) is 3.81. The Bertz CT molecular complexity index is 704. The molecule has 0 radical (unpaired) electrons. The first-order valence-electron chi connectivity index (χ1n) is 8.87. The van der Waals surface area contributed by atoms with Crippen LogP contribution < -0.4 is 5.32 Å². The molecule has 6 heteroatoms. The van der Waals surface area contributed by atoms with Crippen LogP contribution in [0.25, 0.3) is 11.4 Å². The van der Waals surface area contributed by atoms with Crippen LogP contribution in [0, 0.1) is 6.92 Å². The average Bonchev–Trinajstić information content (AvgIpc) is 3.11. The van der Waals surface area contributed by atoms with Crippen molar-refractivity contribution in [1.82, 2.24) is 14.9 Å². The maximum atomic E-state index is 5.75. The minimum atomic E-state index is 0.232. The topological polar surface area (TPSA) is 59.5 Å². The lowest BCUT2D eigenvalue weighted by molar-refractivity contribution is 0.0130. The third-order valence-corrected chi connectivity index (χ3v) is 4.78. The van der Waals surface area contributed by atoms with Crippen molar-refractivity contribution < 1.29 is 9.47 Å². The molecular formula is C19H24N4O2. The van der Waals surface area contributed by atoms with Gasteiger partial charge in [-0.3, -0.25) is 4.90 Å². The minimum Gasteiger partial charge on any atom is -0.379 e. The summed E-state index contributed by atoms with van der Waals surface area (Å²) in [6.45, 7) is 6.99. The molecule has 1 aromatic carbocycles. The smallest absolute Gasteiger partial charge is 0.161 e. The Morgan fingerprint density at radius 1 is 1.04 bits per heavy atom. The third-order valence-electron chi connectivity index (χ3n) is 4.78. The van der Waals surface area contributed by atoms with Gasteiger partial charge in [0, 0.05) is 30.4 Å². The molecule has 2 aliphatic heterocycles. The summed E-state index contributed by atoms with van der Waals surface area (Å²) in [4.78, 5) is 11.8. The lowest BCUT2D eigenvalue weighted by Gasteiger charge is -2.34. The van der Waals surface area contributed by atoms with Gasteiger partial charge >= 0.3 is 0 Å². The van der Waals surface area contributed by atoms with Crippen molar-refractivity contribution >= 4 is 5.82 Å². The van der Waals surface area contributed by atoms with E-state index < -0.39 is 0 Å². The first-order chi connectivity index (χ1) is 12.3. The highest BCUT2D eigenvalue weighted by Gasteiger charge is 2.34. The summed E-state index contributed by atoms with van der Waals surface area (Å²) < 4.78 is 11.2. The largest absolute Gasteiger partial charge is 0.379 e. The number of anilines is 1. The number of aryl methyl sites for hydroxylation is 1. The molecule has 0 saturated carbocycles. The molecule has 4 rings (SSSR count). The van der Waals surface area contributed by atoms with Crippen LogP contribution in [0.5, 0.6) is 0 Å². The molecule has 0 spiro atoms. The van der Waals surface area contributed by atoms with Gasteiger partial charge in [-0.25, -0.2) is 9.97 Å². The fraction of sp³-hybridized carbons (Fsp3) is 0.474. The van der Waals surface area contributed by atoms with Gasteiger partial charge in [-0.1, -0.05) is 30.3 Å². The van der Waals surface area contributed by atoms with Gasteiger partial charge in [0.05, 0.1) is 38.5 Å². The van der Waals surface area contributed by atoms with E-state index in [1.165, 1.54) is 0 Å². The summed E-state index contributed by atoms with van der Waals surface area (Å²) in [5, 5.41) is 3.58. The molecule has 2 aromatic rings. The van der Waals surface area contributed by atoms with Crippen molar-refractivity contribution in [2.24, 2.45) is 0 Å². The summed E-state index contributed by atoms with van der Waals surface area (Å²) in [5.74, 6) is 1.62. The number of aromatic nitrogens is 2. The first kappa shape index (κ1) is 16.4. The van der Waals surface area contributed by atoms with E-state index >= 15 is 0 Å². The molecule has 1 aromatic heterocycles. The molecule has 2 saturated heterocycles. The summed E-state index contributed by atoms with van der Waals surface area (Å²) in [6, 6.07) is 12.7. The zero-order chi connectivity index (χ0) is 17.1. The van der Waals surface area contributed by atoms with Crippen LogP contribution in [0.4, 0.5) is 5.82 Å². The highest BCUT2D eigenvalue weighted by Crippen LogP contribution is 2.21. The number of nitrogens with zero attached hydrogens (tertiary/aromatic N) is 3. The molecule has 6 nitrogen and oxygen atoms in total. The minimum absolute atomic E-state index is 0.232. The number of benzene rings is 1. The van der Waals surface area contributed by atoms with Crippen LogP contribution in [0.2, 0.25) is 0 Å². The van der Waals surface area contributed by atoms with Crippen molar-refractivity contribution in [2.75, 3.05) is 44.8 Å². The number of hydrogen-bond donors (Lipinski definition) is 1. The van der Waals surface area contributed by atoms with Crippen molar-refractivity contribution in [3.63, 3.8) is 0 Å². The van der Waals surface area contributed by atoms with E-state index in [1.54, 1.807) is 0 Å². The maximum absolute atomic E-state index is 5.75. The molecule has 2 fully saturated rings. The van der Waals surface area contributed by atoms with E-state index in [0.29, 0.717) is 12.6 Å². The van der Waals surface area contributed by atoms with E-state index in [9.17, 15) is 0 Å². The molecule has 3 heterocycles. The Balaban J connectivity index is 1.52. The standard InChI is InChI=1S/C19H24N4O2/c1-14-11-18(22-19(20-14)15-5-3-2-4-6-15)21-16-12-25-13-17(16)23-7-9-24-10-8-23/h2-6,11,16-17H,7-10,12-13H2,1H3,(H,20,21,22)/t16-,17-/m1/s1. The van der Waals surface area contributed by atoms with Gasteiger partial charge in [-0.2, -0.15) is 0 Å². The molecule has 2 aliphatic rings. The van der Waals surface area contributed by atoms with Gasteiger partial charge in [-0.15, -0.1) is 0 Å². The Morgan fingerprint density at radius 2 is 1.84 bits per heavy atom. The van der Waals surface area contributed by atoms with Crippen LogP contribution in [-0.2, 0) is 9.47 Å². The molecule has 0 aliphatic carbocycles. The fourth-order valence-electron chi connectivity index (χ4n) is 3.50. The van der Waals surface area contributed by atoms with E-state index in [0.717, 1.165) is 55.8 Å². The number of ether oxygens (including phenoxy) is 2. The van der Waals surface area contributed by atoms with Gasteiger partial charge in [0.2, 0.25) is 0 Å². The van der Waals surface area contributed by atoms with Crippen molar-refractivity contribution in [1.29, 1.82) is 0 Å². The molecule has 1 N–H and O–H groups in total. The second kappa shape index (κ2) is 7.47. The average molecular weight is 340 g/mol. The molecule has 25 heavy (non-hydrogen) atoms. The molecule has 132 valence electrons. The molecule has 2 atom stereocenters. The Labute approximate surface area is 148 Å². The first-order valence-corrected chi connectivity index (χ1v) is 8.87. The quantitative estimate of drug-likeness (QED) is 0.918. The van der Waals surface area contributed by atoms with E-state index in [2.05, 4.69) is 15.2 Å². The summed E-state index contributed by atoms with van der Waals surface area (Å²) in [5.41, 5.74) is 1.99. The van der Waals surface area contributed by atoms with Crippen molar-refractivity contribution in [3.05, 3.63) is 42.1 Å². The van der Waals surface area contributed by atoms with Gasteiger partial charge in [0.15, 0.2) is 5.82 Å². The Morgan fingerprint density at radius 3 is 2.64 bits per heavy atom. The number of hydrogen-bond acceptors (Lipinski definition) is 6. The zero-order valence-electron chi connectivity index (χ0n) is 14.5. The zero-order valence-corrected chi connectivity index (χ0v) is 14.5.